The van der Waals surface area contributed by atoms with Gasteiger partial charge in [-0.1, -0.05) is 38.8 Å². The minimum atomic E-state index is 0.246. The van der Waals surface area contributed by atoms with Crippen LogP contribution in [0, 0.1) is 5.92 Å². The molecule has 0 aromatic heterocycles. The Morgan fingerprint density at radius 1 is 1.12 bits per heavy atom. The van der Waals surface area contributed by atoms with Crippen molar-refractivity contribution < 1.29 is 0 Å². The van der Waals surface area contributed by atoms with Crippen LogP contribution in [0.3, 0.4) is 0 Å². The van der Waals surface area contributed by atoms with Crippen molar-refractivity contribution in [3.8, 4) is 0 Å². The summed E-state index contributed by atoms with van der Waals surface area (Å²) in [6.45, 7) is 4.45. The zero-order valence-electron chi connectivity index (χ0n) is 10.9. The summed E-state index contributed by atoms with van der Waals surface area (Å²) in [5.74, 6) is 0.707. The second-order valence-corrected chi connectivity index (χ2v) is 6.96. The van der Waals surface area contributed by atoms with Crippen LogP contribution in [0.25, 0.3) is 0 Å². The molecule has 0 radical (unpaired) electrons. The third-order valence-corrected chi connectivity index (χ3v) is 4.56. The summed E-state index contributed by atoms with van der Waals surface area (Å²) in [5.41, 5.74) is 7.65. The highest BCUT2D eigenvalue weighted by Crippen LogP contribution is 2.34. The average molecular weight is 249 g/mol. The largest absolute Gasteiger partial charge is 0.324 e. The van der Waals surface area contributed by atoms with Crippen LogP contribution < -0.4 is 5.73 Å². The van der Waals surface area contributed by atoms with Gasteiger partial charge in [-0.2, -0.15) is 0 Å². The van der Waals surface area contributed by atoms with E-state index in [0.29, 0.717) is 11.2 Å². The Balaban J connectivity index is 2.01. The fourth-order valence-corrected chi connectivity index (χ4v) is 3.47. The van der Waals surface area contributed by atoms with Crippen LogP contribution in [-0.4, -0.2) is 5.25 Å². The quantitative estimate of drug-likeness (QED) is 0.802. The van der Waals surface area contributed by atoms with E-state index in [1.54, 1.807) is 0 Å². The Labute approximate surface area is 109 Å². The summed E-state index contributed by atoms with van der Waals surface area (Å²) in [6.07, 6.45) is 5.34. The van der Waals surface area contributed by atoms with Gasteiger partial charge < -0.3 is 5.73 Å². The maximum absolute atomic E-state index is 6.34. The van der Waals surface area contributed by atoms with E-state index in [1.165, 1.54) is 36.1 Å². The summed E-state index contributed by atoms with van der Waals surface area (Å²) in [7, 11) is 0. The monoisotopic (exact) mass is 249 g/mol. The van der Waals surface area contributed by atoms with Gasteiger partial charge in [0.25, 0.3) is 0 Å². The van der Waals surface area contributed by atoms with Crippen molar-refractivity contribution in [2.45, 2.75) is 55.7 Å². The molecule has 1 saturated carbocycles. The Bertz CT molecular complexity index is 338. The maximum atomic E-state index is 6.34. The lowest BCUT2D eigenvalue weighted by molar-refractivity contribution is 0.445. The van der Waals surface area contributed by atoms with Gasteiger partial charge in [0.1, 0.15) is 0 Å². The molecule has 1 aliphatic rings. The molecule has 1 aliphatic carbocycles. The van der Waals surface area contributed by atoms with Crippen LogP contribution in [0.2, 0.25) is 0 Å². The molecule has 94 valence electrons. The van der Waals surface area contributed by atoms with Crippen molar-refractivity contribution in [1.82, 2.24) is 0 Å². The highest BCUT2D eigenvalue weighted by Gasteiger charge is 2.22. The van der Waals surface area contributed by atoms with Crippen LogP contribution >= 0.6 is 11.8 Å². The van der Waals surface area contributed by atoms with Gasteiger partial charge in [-0.05, 0) is 36.5 Å². The predicted octanol–water partition coefficient (Wildman–Crippen LogP) is 4.38. The van der Waals surface area contributed by atoms with E-state index in [1.807, 2.05) is 11.8 Å². The minimum Gasteiger partial charge on any atom is -0.324 e. The summed E-state index contributed by atoms with van der Waals surface area (Å²) >= 11 is 1.91. The van der Waals surface area contributed by atoms with Crippen LogP contribution in [0.1, 0.15) is 51.1 Å². The van der Waals surface area contributed by atoms with Crippen molar-refractivity contribution >= 4 is 11.8 Å². The lowest BCUT2D eigenvalue weighted by Crippen LogP contribution is -2.18. The van der Waals surface area contributed by atoms with Gasteiger partial charge in [0.15, 0.2) is 0 Å². The number of hydrogen-bond acceptors (Lipinski definition) is 2. The first kappa shape index (κ1) is 13.0. The standard InChI is InChI=1S/C15H23NS/c1-11(2)17-14-9-7-13(8-10-14)15(16)12-5-3-4-6-12/h7-12,15H,3-6,16H2,1-2H3. The molecule has 1 aromatic carbocycles. The maximum Gasteiger partial charge on any atom is 0.0323 e. The molecular weight excluding hydrogens is 226 g/mol. The Hall–Kier alpha value is -0.470. The molecule has 0 amide bonds. The molecule has 2 rings (SSSR count). The molecule has 1 aromatic rings. The first-order valence-corrected chi connectivity index (χ1v) is 7.57. The molecule has 0 bridgehead atoms. The molecule has 0 spiro atoms. The average Bonchev–Trinajstić information content (AvgIpc) is 2.82. The number of hydrogen-bond donors (Lipinski definition) is 1. The number of thioether (sulfide) groups is 1. The number of nitrogens with two attached hydrogens (primary N) is 1. The third kappa shape index (κ3) is 3.49. The molecule has 1 atom stereocenters. The summed E-state index contributed by atoms with van der Waals surface area (Å²) in [6, 6.07) is 9.11. The molecule has 0 heterocycles. The molecule has 0 aliphatic heterocycles. The van der Waals surface area contributed by atoms with Gasteiger partial charge in [0.05, 0.1) is 0 Å². The lowest BCUT2D eigenvalue weighted by atomic mass is 9.93. The highest BCUT2D eigenvalue weighted by atomic mass is 32.2. The summed E-state index contributed by atoms with van der Waals surface area (Å²) in [4.78, 5) is 1.35. The SMILES string of the molecule is CC(C)Sc1ccc(C(N)C2CCCC2)cc1. The van der Waals surface area contributed by atoms with Crippen molar-refractivity contribution in [1.29, 1.82) is 0 Å². The van der Waals surface area contributed by atoms with Crippen molar-refractivity contribution in [2.24, 2.45) is 11.7 Å². The van der Waals surface area contributed by atoms with Gasteiger partial charge in [-0.15, -0.1) is 11.8 Å². The van der Waals surface area contributed by atoms with E-state index in [4.69, 9.17) is 5.73 Å². The number of benzene rings is 1. The normalized spacial score (nSPS) is 18.8. The molecule has 2 heteroatoms. The second-order valence-electron chi connectivity index (χ2n) is 5.31. The molecule has 0 saturated heterocycles. The first-order valence-electron chi connectivity index (χ1n) is 6.69. The van der Waals surface area contributed by atoms with Crippen LogP contribution in [-0.2, 0) is 0 Å². The topological polar surface area (TPSA) is 26.0 Å². The lowest BCUT2D eigenvalue weighted by Gasteiger charge is -2.19. The molecule has 2 N–H and O–H groups in total. The summed E-state index contributed by atoms with van der Waals surface area (Å²) < 4.78 is 0. The van der Waals surface area contributed by atoms with E-state index >= 15 is 0 Å². The molecule has 1 nitrogen and oxygen atoms in total. The minimum absolute atomic E-state index is 0.246. The van der Waals surface area contributed by atoms with Gasteiger partial charge in [0.2, 0.25) is 0 Å². The predicted molar refractivity (Wildman–Crippen MR) is 76.3 cm³/mol. The van der Waals surface area contributed by atoms with E-state index in [2.05, 4.69) is 38.1 Å². The fraction of sp³-hybridized carbons (Fsp3) is 0.600. The van der Waals surface area contributed by atoms with E-state index in [-0.39, 0.29) is 6.04 Å². The molecular formula is C15H23NS. The van der Waals surface area contributed by atoms with Crippen molar-refractivity contribution in [3.63, 3.8) is 0 Å². The summed E-state index contributed by atoms with van der Waals surface area (Å²) in [5, 5.41) is 0.643. The first-order chi connectivity index (χ1) is 8.16. The van der Waals surface area contributed by atoms with Crippen LogP contribution in [0.5, 0.6) is 0 Å². The molecule has 1 fully saturated rings. The smallest absolute Gasteiger partial charge is 0.0323 e. The fourth-order valence-electron chi connectivity index (χ4n) is 2.63. The molecule has 1 unspecified atom stereocenters. The third-order valence-electron chi connectivity index (χ3n) is 3.54. The Morgan fingerprint density at radius 3 is 2.24 bits per heavy atom. The zero-order chi connectivity index (χ0) is 12.3. The zero-order valence-corrected chi connectivity index (χ0v) is 11.7. The van der Waals surface area contributed by atoms with Crippen LogP contribution in [0.15, 0.2) is 29.2 Å². The van der Waals surface area contributed by atoms with Gasteiger partial charge >= 0.3 is 0 Å². The van der Waals surface area contributed by atoms with Gasteiger partial charge in [-0.25, -0.2) is 0 Å². The van der Waals surface area contributed by atoms with Crippen molar-refractivity contribution in [3.05, 3.63) is 29.8 Å². The van der Waals surface area contributed by atoms with E-state index in [9.17, 15) is 0 Å². The van der Waals surface area contributed by atoms with Gasteiger partial charge in [-0.3, -0.25) is 0 Å². The van der Waals surface area contributed by atoms with E-state index < -0.39 is 0 Å². The van der Waals surface area contributed by atoms with Gasteiger partial charge in [0, 0.05) is 16.2 Å². The van der Waals surface area contributed by atoms with Crippen molar-refractivity contribution in [2.75, 3.05) is 0 Å². The number of rotatable bonds is 4. The Kier molecular flexibility index (Phi) is 4.52. The van der Waals surface area contributed by atoms with Crippen LogP contribution in [0.4, 0.5) is 0 Å². The Morgan fingerprint density at radius 2 is 1.71 bits per heavy atom. The van der Waals surface area contributed by atoms with E-state index in [0.717, 1.165) is 0 Å². The molecule has 17 heavy (non-hydrogen) atoms. The second kappa shape index (κ2) is 5.92. The highest BCUT2D eigenvalue weighted by molar-refractivity contribution is 7.99.